The van der Waals surface area contributed by atoms with E-state index in [1.165, 1.54) is 16.2 Å². The van der Waals surface area contributed by atoms with Crippen LogP contribution < -0.4 is 16.4 Å². The lowest BCUT2D eigenvalue weighted by Gasteiger charge is -2.12. The Kier molecular flexibility index (Phi) is 5.67. The molecule has 0 spiro atoms. The molecule has 1 aromatic carbocycles. The van der Waals surface area contributed by atoms with Crippen molar-refractivity contribution in [2.45, 2.75) is 13.1 Å². The molecule has 7 nitrogen and oxygen atoms in total. The average molecular weight is 333 g/mol. The highest BCUT2D eigenvalue weighted by Gasteiger charge is 2.10. The first-order valence-electron chi connectivity index (χ1n) is 6.99. The smallest absolute Gasteiger partial charge is 0.321 e. The molecule has 0 aliphatic carbocycles. The molecule has 0 atom stereocenters. The minimum atomic E-state index is -0.247. The number of nitrogens with zero attached hydrogens (tertiary/aromatic N) is 2. The van der Waals surface area contributed by atoms with Gasteiger partial charge >= 0.3 is 6.03 Å². The van der Waals surface area contributed by atoms with Crippen LogP contribution >= 0.6 is 11.3 Å². The van der Waals surface area contributed by atoms with E-state index in [0.29, 0.717) is 24.5 Å². The van der Waals surface area contributed by atoms with Crippen LogP contribution in [0.25, 0.3) is 0 Å². The fourth-order valence-corrected chi connectivity index (χ4v) is 2.43. The minimum absolute atomic E-state index is 0.206. The molecule has 0 aliphatic heterocycles. The third kappa shape index (κ3) is 4.76. The summed E-state index contributed by atoms with van der Waals surface area (Å²) in [5.41, 5.74) is 7.41. The number of hydrogen-bond donors (Lipinski definition) is 3. The Morgan fingerprint density at radius 2 is 2.13 bits per heavy atom. The molecule has 0 radical (unpaired) electrons. The summed E-state index contributed by atoms with van der Waals surface area (Å²) < 4.78 is 0. The number of hydrogen-bond acceptors (Lipinski definition) is 5. The summed E-state index contributed by atoms with van der Waals surface area (Å²) in [5.74, 6) is -0.247. The molecular weight excluding hydrogens is 314 g/mol. The highest BCUT2D eigenvalue weighted by atomic mass is 32.1. The molecule has 1 heterocycles. The van der Waals surface area contributed by atoms with E-state index in [4.69, 9.17) is 5.73 Å². The van der Waals surface area contributed by atoms with Gasteiger partial charge in [0.05, 0.1) is 0 Å². The summed E-state index contributed by atoms with van der Waals surface area (Å²) in [5, 5.41) is 7.97. The number of amides is 3. The lowest BCUT2D eigenvalue weighted by atomic mass is 10.2. The molecule has 4 N–H and O–H groups in total. The quantitative estimate of drug-likeness (QED) is 0.774. The van der Waals surface area contributed by atoms with Gasteiger partial charge in [0.2, 0.25) is 0 Å². The first-order chi connectivity index (χ1) is 11.0. The van der Waals surface area contributed by atoms with Crippen LogP contribution in [-0.2, 0) is 13.1 Å². The van der Waals surface area contributed by atoms with Crippen LogP contribution in [-0.4, -0.2) is 35.9 Å². The maximum absolute atomic E-state index is 12.0. The van der Waals surface area contributed by atoms with Gasteiger partial charge in [-0.25, -0.2) is 9.78 Å². The lowest BCUT2D eigenvalue weighted by Crippen LogP contribution is -2.27. The Bertz CT molecular complexity index is 699. The van der Waals surface area contributed by atoms with E-state index < -0.39 is 0 Å². The molecule has 2 rings (SSSR count). The zero-order valence-electron chi connectivity index (χ0n) is 13.0. The number of thiazole rings is 1. The van der Waals surface area contributed by atoms with Crippen molar-refractivity contribution in [3.8, 4) is 0 Å². The van der Waals surface area contributed by atoms with Crippen molar-refractivity contribution in [1.82, 2.24) is 15.2 Å². The topological polar surface area (TPSA) is 100 Å². The summed E-state index contributed by atoms with van der Waals surface area (Å²) in [6, 6.07) is 7.09. The number of nitrogens with two attached hydrogens (primary N) is 1. The van der Waals surface area contributed by atoms with Crippen molar-refractivity contribution >= 4 is 29.0 Å². The number of anilines is 1. The SMILES string of the molecule is CN(C)C(=O)Nc1cccc(CNC(=O)c2csc(CN)n2)c1. The molecule has 0 saturated heterocycles. The maximum atomic E-state index is 12.0. The Morgan fingerprint density at radius 1 is 1.35 bits per heavy atom. The van der Waals surface area contributed by atoms with Gasteiger partial charge in [0.25, 0.3) is 5.91 Å². The Balaban J connectivity index is 1.95. The summed E-state index contributed by atoms with van der Waals surface area (Å²) in [4.78, 5) is 29.2. The van der Waals surface area contributed by atoms with E-state index in [1.54, 1.807) is 25.5 Å². The summed E-state index contributed by atoms with van der Waals surface area (Å²) in [7, 11) is 3.34. The van der Waals surface area contributed by atoms with Gasteiger partial charge in [-0.1, -0.05) is 12.1 Å². The fraction of sp³-hybridized carbons (Fsp3) is 0.267. The van der Waals surface area contributed by atoms with Gasteiger partial charge in [0.15, 0.2) is 0 Å². The minimum Gasteiger partial charge on any atom is -0.347 e. The van der Waals surface area contributed by atoms with Gasteiger partial charge in [-0.3, -0.25) is 4.79 Å². The Labute approximate surface area is 138 Å². The predicted molar refractivity (Wildman–Crippen MR) is 90.3 cm³/mol. The van der Waals surface area contributed by atoms with E-state index in [-0.39, 0.29) is 11.9 Å². The number of carbonyl (C=O) groups excluding carboxylic acids is 2. The number of nitrogens with one attached hydrogen (secondary N) is 2. The zero-order chi connectivity index (χ0) is 16.8. The first kappa shape index (κ1) is 16.9. The number of benzene rings is 1. The highest BCUT2D eigenvalue weighted by Crippen LogP contribution is 2.12. The maximum Gasteiger partial charge on any atom is 0.321 e. The van der Waals surface area contributed by atoms with Crippen molar-refractivity contribution in [3.05, 3.63) is 45.9 Å². The van der Waals surface area contributed by atoms with E-state index in [0.717, 1.165) is 10.6 Å². The number of aromatic nitrogens is 1. The van der Waals surface area contributed by atoms with Crippen LogP contribution in [0.15, 0.2) is 29.6 Å². The highest BCUT2D eigenvalue weighted by molar-refractivity contribution is 7.09. The van der Waals surface area contributed by atoms with E-state index in [1.807, 2.05) is 18.2 Å². The third-order valence-corrected chi connectivity index (χ3v) is 3.87. The Hall–Kier alpha value is -2.45. The van der Waals surface area contributed by atoms with E-state index in [2.05, 4.69) is 15.6 Å². The van der Waals surface area contributed by atoms with Crippen molar-refractivity contribution in [2.75, 3.05) is 19.4 Å². The second kappa shape index (κ2) is 7.70. The van der Waals surface area contributed by atoms with Gasteiger partial charge in [-0.05, 0) is 17.7 Å². The summed E-state index contributed by atoms with van der Waals surface area (Å²) >= 11 is 1.36. The second-order valence-corrected chi connectivity index (χ2v) is 5.98. The molecule has 122 valence electrons. The number of urea groups is 1. The van der Waals surface area contributed by atoms with Crippen LogP contribution in [0.2, 0.25) is 0 Å². The predicted octanol–water partition coefficient (Wildman–Crippen LogP) is 1.63. The molecule has 3 amide bonds. The van der Waals surface area contributed by atoms with Gasteiger partial charge < -0.3 is 21.3 Å². The molecule has 0 bridgehead atoms. The third-order valence-electron chi connectivity index (χ3n) is 3.00. The van der Waals surface area contributed by atoms with Gasteiger partial charge in [0, 0.05) is 38.3 Å². The largest absolute Gasteiger partial charge is 0.347 e. The van der Waals surface area contributed by atoms with E-state index in [9.17, 15) is 9.59 Å². The van der Waals surface area contributed by atoms with Crippen LogP contribution in [0, 0.1) is 0 Å². The monoisotopic (exact) mass is 333 g/mol. The molecule has 8 heteroatoms. The Morgan fingerprint density at radius 3 is 2.78 bits per heavy atom. The van der Waals surface area contributed by atoms with Gasteiger partial charge in [-0.15, -0.1) is 11.3 Å². The second-order valence-electron chi connectivity index (χ2n) is 5.04. The van der Waals surface area contributed by atoms with Crippen LogP contribution in [0.3, 0.4) is 0 Å². The van der Waals surface area contributed by atoms with Crippen LogP contribution in [0.5, 0.6) is 0 Å². The van der Waals surface area contributed by atoms with E-state index >= 15 is 0 Å². The van der Waals surface area contributed by atoms with Crippen molar-refractivity contribution in [2.24, 2.45) is 5.73 Å². The number of rotatable bonds is 5. The molecule has 0 fully saturated rings. The average Bonchev–Trinajstić information content (AvgIpc) is 3.02. The zero-order valence-corrected chi connectivity index (χ0v) is 13.8. The molecule has 2 aromatic rings. The van der Waals surface area contributed by atoms with Crippen LogP contribution in [0.4, 0.5) is 10.5 Å². The van der Waals surface area contributed by atoms with Crippen molar-refractivity contribution < 1.29 is 9.59 Å². The van der Waals surface area contributed by atoms with Crippen molar-refractivity contribution in [3.63, 3.8) is 0 Å². The fourth-order valence-electron chi connectivity index (χ4n) is 1.78. The lowest BCUT2D eigenvalue weighted by molar-refractivity contribution is 0.0946. The summed E-state index contributed by atoms with van der Waals surface area (Å²) in [6.07, 6.45) is 0. The van der Waals surface area contributed by atoms with Crippen LogP contribution in [0.1, 0.15) is 21.1 Å². The molecule has 0 unspecified atom stereocenters. The molecule has 0 saturated carbocycles. The van der Waals surface area contributed by atoms with Gasteiger partial charge in [0.1, 0.15) is 10.7 Å². The molecular formula is C15H19N5O2S. The standard InChI is InChI=1S/C15H19N5O2S/c1-20(2)15(22)18-11-5-3-4-10(6-11)8-17-14(21)12-9-23-13(7-16)19-12/h3-6,9H,7-8,16H2,1-2H3,(H,17,21)(H,18,22). The molecule has 23 heavy (non-hydrogen) atoms. The van der Waals surface area contributed by atoms with Gasteiger partial charge in [-0.2, -0.15) is 0 Å². The number of carbonyl (C=O) groups is 2. The summed E-state index contributed by atoms with van der Waals surface area (Å²) in [6.45, 7) is 0.672. The molecule has 1 aromatic heterocycles. The van der Waals surface area contributed by atoms with Crippen molar-refractivity contribution in [1.29, 1.82) is 0 Å². The molecule has 0 aliphatic rings. The first-order valence-corrected chi connectivity index (χ1v) is 7.87. The normalized spacial score (nSPS) is 10.2.